The van der Waals surface area contributed by atoms with Gasteiger partial charge in [-0.15, -0.1) is 0 Å². The first-order valence-electron chi connectivity index (χ1n) is 6.01. The van der Waals surface area contributed by atoms with E-state index in [0.29, 0.717) is 19.8 Å². The molecule has 0 radical (unpaired) electrons. The Hall–Kier alpha value is -0.650. The monoisotopic (exact) mass is 247 g/mol. The number of methoxy groups -OCH3 is 2. The summed E-state index contributed by atoms with van der Waals surface area (Å²) in [5.74, 6) is 0.0113. The minimum Gasteiger partial charge on any atom is -0.468 e. The van der Waals surface area contributed by atoms with E-state index in [1.807, 2.05) is 13.8 Å². The van der Waals surface area contributed by atoms with Gasteiger partial charge in [-0.25, -0.2) is 0 Å². The number of hydrogen-bond donors (Lipinski definition) is 1. The predicted octanol–water partition coefficient (Wildman–Crippen LogP) is 0.827. The van der Waals surface area contributed by atoms with Crippen molar-refractivity contribution in [2.24, 2.45) is 5.92 Å². The van der Waals surface area contributed by atoms with Crippen LogP contribution in [0.1, 0.15) is 20.3 Å². The maximum Gasteiger partial charge on any atom is 0.323 e. The number of ether oxygens (including phenoxy) is 3. The zero-order chi connectivity index (χ0) is 13.1. The Morgan fingerprint density at radius 2 is 1.88 bits per heavy atom. The van der Waals surface area contributed by atoms with Gasteiger partial charge in [0.15, 0.2) is 0 Å². The second-order valence-electron chi connectivity index (χ2n) is 4.16. The van der Waals surface area contributed by atoms with E-state index in [9.17, 15) is 4.79 Å². The summed E-state index contributed by atoms with van der Waals surface area (Å²) in [5.41, 5.74) is 0. The SMILES string of the molecule is COCCOCCCNC(C(=O)OC)C(C)C. The van der Waals surface area contributed by atoms with Crippen molar-refractivity contribution in [3.63, 3.8) is 0 Å². The molecule has 5 nitrogen and oxygen atoms in total. The van der Waals surface area contributed by atoms with E-state index in [-0.39, 0.29) is 17.9 Å². The third-order valence-electron chi connectivity index (χ3n) is 2.38. The molecule has 0 aliphatic carbocycles. The number of hydrogen-bond acceptors (Lipinski definition) is 5. The molecule has 0 amide bonds. The summed E-state index contributed by atoms with van der Waals surface area (Å²) in [7, 11) is 3.06. The van der Waals surface area contributed by atoms with Crippen molar-refractivity contribution in [1.29, 1.82) is 0 Å². The molecule has 1 N–H and O–H groups in total. The van der Waals surface area contributed by atoms with Crippen LogP contribution in [0.5, 0.6) is 0 Å². The summed E-state index contributed by atoms with van der Waals surface area (Å²) >= 11 is 0. The molecular weight excluding hydrogens is 222 g/mol. The van der Waals surface area contributed by atoms with Crippen LogP contribution < -0.4 is 5.32 Å². The topological polar surface area (TPSA) is 56.8 Å². The fourth-order valence-corrected chi connectivity index (χ4v) is 1.39. The quantitative estimate of drug-likeness (QED) is 0.458. The van der Waals surface area contributed by atoms with Crippen LogP contribution in [0.2, 0.25) is 0 Å². The maximum atomic E-state index is 11.4. The average molecular weight is 247 g/mol. The van der Waals surface area contributed by atoms with Crippen molar-refractivity contribution in [2.45, 2.75) is 26.3 Å². The van der Waals surface area contributed by atoms with Gasteiger partial charge in [0.25, 0.3) is 0 Å². The van der Waals surface area contributed by atoms with Gasteiger partial charge in [-0.3, -0.25) is 4.79 Å². The summed E-state index contributed by atoms with van der Waals surface area (Å²) in [6.07, 6.45) is 0.865. The fourth-order valence-electron chi connectivity index (χ4n) is 1.39. The highest BCUT2D eigenvalue weighted by Gasteiger charge is 2.21. The zero-order valence-corrected chi connectivity index (χ0v) is 11.3. The van der Waals surface area contributed by atoms with E-state index in [1.54, 1.807) is 7.11 Å². The Morgan fingerprint density at radius 1 is 1.18 bits per heavy atom. The standard InChI is InChI=1S/C12H25NO4/c1-10(2)11(12(14)16-4)13-6-5-7-17-9-8-15-3/h10-11,13H,5-9H2,1-4H3. The molecule has 0 saturated carbocycles. The van der Waals surface area contributed by atoms with Crippen molar-refractivity contribution >= 4 is 5.97 Å². The van der Waals surface area contributed by atoms with E-state index in [0.717, 1.165) is 13.0 Å². The summed E-state index contributed by atoms with van der Waals surface area (Å²) in [6, 6.07) is -0.237. The molecule has 17 heavy (non-hydrogen) atoms. The third-order valence-corrected chi connectivity index (χ3v) is 2.38. The molecule has 1 atom stereocenters. The Balaban J connectivity index is 3.58. The van der Waals surface area contributed by atoms with Gasteiger partial charge >= 0.3 is 5.97 Å². The van der Waals surface area contributed by atoms with Crippen LogP contribution in [-0.2, 0) is 19.0 Å². The summed E-state index contributed by atoms with van der Waals surface area (Å²) in [4.78, 5) is 11.4. The number of rotatable bonds is 10. The largest absolute Gasteiger partial charge is 0.468 e. The smallest absolute Gasteiger partial charge is 0.323 e. The molecule has 0 rings (SSSR count). The predicted molar refractivity (Wildman–Crippen MR) is 66.0 cm³/mol. The molecule has 102 valence electrons. The lowest BCUT2D eigenvalue weighted by molar-refractivity contribution is -0.144. The molecule has 5 heteroatoms. The number of carbonyl (C=O) groups excluding carboxylic acids is 1. The summed E-state index contributed by atoms with van der Waals surface area (Å²) in [5, 5.41) is 3.17. The molecule has 0 heterocycles. The lowest BCUT2D eigenvalue weighted by atomic mass is 10.0. The molecular formula is C12H25NO4. The first-order chi connectivity index (χ1) is 8.13. The minimum atomic E-state index is -0.237. The van der Waals surface area contributed by atoms with Gasteiger partial charge in [-0.05, 0) is 18.9 Å². The average Bonchev–Trinajstić information content (AvgIpc) is 2.31. The van der Waals surface area contributed by atoms with Gasteiger partial charge in [-0.2, -0.15) is 0 Å². The highest BCUT2D eigenvalue weighted by Crippen LogP contribution is 2.03. The zero-order valence-electron chi connectivity index (χ0n) is 11.3. The Kier molecular flexibility index (Phi) is 10.1. The Bertz CT molecular complexity index is 197. The number of nitrogens with one attached hydrogen (secondary N) is 1. The lowest BCUT2D eigenvalue weighted by Crippen LogP contribution is -2.42. The molecule has 0 aliphatic heterocycles. The van der Waals surface area contributed by atoms with E-state index in [4.69, 9.17) is 14.2 Å². The van der Waals surface area contributed by atoms with Crippen LogP contribution in [0, 0.1) is 5.92 Å². The van der Waals surface area contributed by atoms with Gasteiger partial charge in [0.2, 0.25) is 0 Å². The lowest BCUT2D eigenvalue weighted by Gasteiger charge is -2.19. The van der Waals surface area contributed by atoms with E-state index >= 15 is 0 Å². The van der Waals surface area contributed by atoms with Crippen LogP contribution in [0.15, 0.2) is 0 Å². The highest BCUT2D eigenvalue weighted by atomic mass is 16.5. The molecule has 0 aromatic rings. The second kappa shape index (κ2) is 10.5. The maximum absolute atomic E-state index is 11.4. The van der Waals surface area contributed by atoms with Crippen molar-refractivity contribution in [3.05, 3.63) is 0 Å². The van der Waals surface area contributed by atoms with Gasteiger partial charge in [0, 0.05) is 13.7 Å². The van der Waals surface area contributed by atoms with E-state index < -0.39 is 0 Å². The minimum absolute atomic E-state index is 0.208. The second-order valence-corrected chi connectivity index (χ2v) is 4.16. The fraction of sp³-hybridized carbons (Fsp3) is 0.917. The van der Waals surface area contributed by atoms with Gasteiger partial charge < -0.3 is 19.5 Å². The molecule has 0 bridgehead atoms. The molecule has 0 spiro atoms. The van der Waals surface area contributed by atoms with Crippen LogP contribution in [0.4, 0.5) is 0 Å². The first-order valence-corrected chi connectivity index (χ1v) is 6.01. The van der Waals surface area contributed by atoms with Gasteiger partial charge in [0.05, 0.1) is 20.3 Å². The van der Waals surface area contributed by atoms with Crippen molar-refractivity contribution in [3.8, 4) is 0 Å². The van der Waals surface area contributed by atoms with Crippen LogP contribution in [0.25, 0.3) is 0 Å². The molecule has 1 unspecified atom stereocenters. The Labute approximate surface area is 104 Å². The van der Waals surface area contributed by atoms with Crippen molar-refractivity contribution in [2.75, 3.05) is 40.6 Å². The molecule has 0 aromatic heterocycles. The summed E-state index contributed by atoms with van der Waals surface area (Å²) in [6.45, 7) is 6.62. The van der Waals surface area contributed by atoms with E-state index in [2.05, 4.69) is 5.32 Å². The van der Waals surface area contributed by atoms with Crippen LogP contribution in [-0.4, -0.2) is 52.6 Å². The van der Waals surface area contributed by atoms with Crippen LogP contribution in [0.3, 0.4) is 0 Å². The van der Waals surface area contributed by atoms with Gasteiger partial charge in [-0.1, -0.05) is 13.8 Å². The number of esters is 1. The van der Waals surface area contributed by atoms with Crippen molar-refractivity contribution in [1.82, 2.24) is 5.32 Å². The molecule has 0 aromatic carbocycles. The van der Waals surface area contributed by atoms with E-state index in [1.165, 1.54) is 7.11 Å². The molecule has 0 fully saturated rings. The van der Waals surface area contributed by atoms with Crippen LogP contribution >= 0.6 is 0 Å². The van der Waals surface area contributed by atoms with Gasteiger partial charge in [0.1, 0.15) is 6.04 Å². The number of carbonyl (C=O) groups is 1. The molecule has 0 aliphatic rings. The third kappa shape index (κ3) is 8.12. The Morgan fingerprint density at radius 3 is 2.41 bits per heavy atom. The van der Waals surface area contributed by atoms with Crippen molar-refractivity contribution < 1.29 is 19.0 Å². The highest BCUT2D eigenvalue weighted by molar-refractivity contribution is 5.75. The normalized spacial score (nSPS) is 12.8. The summed E-state index contributed by atoms with van der Waals surface area (Å²) < 4.78 is 14.9. The first kappa shape index (κ1) is 16.4. The molecule has 0 saturated heterocycles.